The molecule has 3 rings (SSSR count). The van der Waals surface area contributed by atoms with E-state index in [9.17, 15) is 9.90 Å². The first-order valence-electron chi connectivity index (χ1n) is 7.35. The van der Waals surface area contributed by atoms with Gasteiger partial charge in [0, 0.05) is 11.6 Å². The molecule has 2 amide bonds. The van der Waals surface area contributed by atoms with Gasteiger partial charge in [-0.2, -0.15) is 0 Å². The number of benzene rings is 2. The van der Waals surface area contributed by atoms with Crippen LogP contribution in [0.5, 0.6) is 0 Å². The number of urea groups is 1. The standard InChI is InChI=1S/C18H17N3O2/c22-12-16(13-6-2-1-3-7-13)21-18(23)20-15-10-4-8-14-9-5-11-19-17(14)15/h1-11,16,22H,12H2,(H2,20,21,23). The highest BCUT2D eigenvalue weighted by Gasteiger charge is 2.14. The number of aliphatic hydroxyl groups excluding tert-OH is 1. The second kappa shape index (κ2) is 6.89. The number of hydrogen-bond donors (Lipinski definition) is 3. The van der Waals surface area contributed by atoms with Crippen molar-refractivity contribution < 1.29 is 9.90 Å². The van der Waals surface area contributed by atoms with Crippen molar-refractivity contribution in [3.8, 4) is 0 Å². The number of rotatable bonds is 4. The number of amides is 2. The van der Waals surface area contributed by atoms with Crippen LogP contribution in [0.25, 0.3) is 10.9 Å². The van der Waals surface area contributed by atoms with Crippen LogP contribution in [0.3, 0.4) is 0 Å². The minimum Gasteiger partial charge on any atom is -0.394 e. The van der Waals surface area contributed by atoms with Crippen LogP contribution in [-0.2, 0) is 0 Å². The summed E-state index contributed by atoms with van der Waals surface area (Å²) in [5.74, 6) is 0. The lowest BCUT2D eigenvalue weighted by atomic mass is 10.1. The van der Waals surface area contributed by atoms with Crippen LogP contribution < -0.4 is 10.6 Å². The number of anilines is 1. The highest BCUT2D eigenvalue weighted by molar-refractivity contribution is 5.99. The maximum atomic E-state index is 12.2. The highest BCUT2D eigenvalue weighted by Crippen LogP contribution is 2.20. The van der Waals surface area contributed by atoms with Gasteiger partial charge in [-0.3, -0.25) is 4.98 Å². The third kappa shape index (κ3) is 3.46. The van der Waals surface area contributed by atoms with Crippen molar-refractivity contribution in [1.29, 1.82) is 0 Å². The molecule has 5 heteroatoms. The molecule has 0 saturated carbocycles. The maximum Gasteiger partial charge on any atom is 0.319 e. The molecule has 0 bridgehead atoms. The lowest BCUT2D eigenvalue weighted by Gasteiger charge is -2.17. The summed E-state index contributed by atoms with van der Waals surface area (Å²) in [4.78, 5) is 16.5. The summed E-state index contributed by atoms with van der Waals surface area (Å²) in [5.41, 5.74) is 2.21. The number of carbonyl (C=O) groups is 1. The lowest BCUT2D eigenvalue weighted by molar-refractivity contribution is 0.225. The molecule has 0 radical (unpaired) electrons. The lowest BCUT2D eigenvalue weighted by Crippen LogP contribution is -2.34. The zero-order valence-electron chi connectivity index (χ0n) is 12.4. The van der Waals surface area contributed by atoms with Crippen molar-refractivity contribution in [1.82, 2.24) is 10.3 Å². The molecule has 116 valence electrons. The van der Waals surface area contributed by atoms with E-state index in [4.69, 9.17) is 0 Å². The van der Waals surface area contributed by atoms with E-state index >= 15 is 0 Å². The molecule has 3 aromatic rings. The number of hydrogen-bond acceptors (Lipinski definition) is 3. The van der Waals surface area contributed by atoms with E-state index < -0.39 is 6.04 Å². The Labute approximate surface area is 134 Å². The van der Waals surface area contributed by atoms with Gasteiger partial charge in [0.2, 0.25) is 0 Å². The Morgan fingerprint density at radius 1 is 1.04 bits per heavy atom. The average Bonchev–Trinajstić information content (AvgIpc) is 2.61. The molecular formula is C18H17N3O2. The topological polar surface area (TPSA) is 74.2 Å². The molecule has 0 spiro atoms. The number of nitrogens with zero attached hydrogens (tertiary/aromatic N) is 1. The SMILES string of the molecule is O=C(Nc1cccc2cccnc12)NC(CO)c1ccccc1. The molecule has 23 heavy (non-hydrogen) atoms. The van der Waals surface area contributed by atoms with Crippen LogP contribution in [-0.4, -0.2) is 22.7 Å². The monoisotopic (exact) mass is 307 g/mol. The Balaban J connectivity index is 1.76. The van der Waals surface area contributed by atoms with E-state index in [1.807, 2.05) is 54.6 Å². The van der Waals surface area contributed by atoms with Crippen LogP contribution in [0, 0.1) is 0 Å². The molecule has 2 aromatic carbocycles. The van der Waals surface area contributed by atoms with E-state index in [2.05, 4.69) is 15.6 Å². The Morgan fingerprint density at radius 3 is 2.61 bits per heavy atom. The highest BCUT2D eigenvalue weighted by atomic mass is 16.3. The molecule has 5 nitrogen and oxygen atoms in total. The molecule has 0 saturated heterocycles. The molecule has 0 fully saturated rings. The average molecular weight is 307 g/mol. The van der Waals surface area contributed by atoms with Gasteiger partial charge in [0.05, 0.1) is 23.9 Å². The van der Waals surface area contributed by atoms with Gasteiger partial charge in [0.25, 0.3) is 0 Å². The third-order valence-corrected chi connectivity index (χ3v) is 3.57. The summed E-state index contributed by atoms with van der Waals surface area (Å²) in [7, 11) is 0. The summed E-state index contributed by atoms with van der Waals surface area (Å²) in [6.07, 6.45) is 1.69. The first-order valence-corrected chi connectivity index (χ1v) is 7.35. The van der Waals surface area contributed by atoms with Crippen molar-refractivity contribution in [3.63, 3.8) is 0 Å². The quantitative estimate of drug-likeness (QED) is 0.693. The summed E-state index contributed by atoms with van der Waals surface area (Å²) in [6, 6.07) is 17.9. The zero-order valence-corrected chi connectivity index (χ0v) is 12.4. The number of nitrogens with one attached hydrogen (secondary N) is 2. The van der Waals surface area contributed by atoms with E-state index in [1.54, 1.807) is 12.3 Å². The maximum absolute atomic E-state index is 12.2. The number of pyridine rings is 1. The minimum absolute atomic E-state index is 0.175. The van der Waals surface area contributed by atoms with Gasteiger partial charge in [-0.15, -0.1) is 0 Å². The second-order valence-electron chi connectivity index (χ2n) is 5.12. The zero-order chi connectivity index (χ0) is 16.1. The number of aliphatic hydroxyl groups is 1. The Hall–Kier alpha value is -2.92. The van der Waals surface area contributed by atoms with E-state index in [0.717, 1.165) is 16.5 Å². The van der Waals surface area contributed by atoms with Gasteiger partial charge in [0.15, 0.2) is 0 Å². The van der Waals surface area contributed by atoms with Gasteiger partial charge < -0.3 is 15.7 Å². The molecule has 0 aliphatic carbocycles. The molecule has 1 unspecified atom stereocenters. The van der Waals surface area contributed by atoms with Crippen molar-refractivity contribution in [3.05, 3.63) is 72.4 Å². The predicted octanol–water partition coefficient (Wildman–Crippen LogP) is 3.09. The van der Waals surface area contributed by atoms with Crippen molar-refractivity contribution in [2.45, 2.75) is 6.04 Å². The number of fused-ring (bicyclic) bond motifs is 1. The van der Waals surface area contributed by atoms with Gasteiger partial charge in [-0.25, -0.2) is 4.79 Å². The molecule has 0 aliphatic heterocycles. The Kier molecular flexibility index (Phi) is 4.49. The van der Waals surface area contributed by atoms with Crippen LogP contribution in [0.1, 0.15) is 11.6 Å². The van der Waals surface area contributed by atoms with E-state index in [0.29, 0.717) is 5.69 Å². The first kappa shape index (κ1) is 15.0. The molecule has 1 atom stereocenters. The van der Waals surface area contributed by atoms with Crippen molar-refractivity contribution >= 4 is 22.6 Å². The van der Waals surface area contributed by atoms with Gasteiger partial charge in [-0.1, -0.05) is 48.5 Å². The molecular weight excluding hydrogens is 290 g/mol. The summed E-state index contributed by atoms with van der Waals surface area (Å²) >= 11 is 0. The fraction of sp³-hybridized carbons (Fsp3) is 0.111. The number of para-hydroxylation sites is 1. The molecule has 1 heterocycles. The fourth-order valence-electron chi connectivity index (χ4n) is 2.44. The largest absolute Gasteiger partial charge is 0.394 e. The summed E-state index contributed by atoms with van der Waals surface area (Å²) in [5, 5.41) is 16.0. The minimum atomic E-state index is -0.459. The molecule has 3 N–H and O–H groups in total. The van der Waals surface area contributed by atoms with Gasteiger partial charge >= 0.3 is 6.03 Å². The van der Waals surface area contributed by atoms with Crippen molar-refractivity contribution in [2.75, 3.05) is 11.9 Å². The Bertz CT molecular complexity index is 800. The first-order chi connectivity index (χ1) is 11.3. The van der Waals surface area contributed by atoms with Crippen molar-refractivity contribution in [2.24, 2.45) is 0 Å². The van der Waals surface area contributed by atoms with Crippen LogP contribution in [0.15, 0.2) is 66.9 Å². The van der Waals surface area contributed by atoms with Gasteiger partial charge in [-0.05, 0) is 17.7 Å². The smallest absolute Gasteiger partial charge is 0.319 e. The van der Waals surface area contributed by atoms with Crippen LogP contribution in [0.2, 0.25) is 0 Å². The number of aromatic nitrogens is 1. The predicted molar refractivity (Wildman–Crippen MR) is 90.2 cm³/mol. The Morgan fingerprint density at radius 2 is 1.83 bits per heavy atom. The normalized spacial score (nSPS) is 11.9. The third-order valence-electron chi connectivity index (χ3n) is 3.57. The van der Waals surface area contributed by atoms with Crippen LogP contribution in [0.4, 0.5) is 10.5 Å². The van der Waals surface area contributed by atoms with E-state index in [-0.39, 0.29) is 12.6 Å². The number of carbonyl (C=O) groups excluding carboxylic acids is 1. The molecule has 1 aromatic heterocycles. The summed E-state index contributed by atoms with van der Waals surface area (Å²) in [6.45, 7) is -0.175. The van der Waals surface area contributed by atoms with Crippen LogP contribution >= 0.6 is 0 Å². The fourth-order valence-corrected chi connectivity index (χ4v) is 2.44. The van der Waals surface area contributed by atoms with E-state index in [1.165, 1.54) is 0 Å². The summed E-state index contributed by atoms with van der Waals surface area (Å²) < 4.78 is 0. The molecule has 0 aliphatic rings. The van der Waals surface area contributed by atoms with Gasteiger partial charge in [0.1, 0.15) is 0 Å². The second-order valence-corrected chi connectivity index (χ2v) is 5.12.